The van der Waals surface area contributed by atoms with Crippen LogP contribution in [0.3, 0.4) is 0 Å². The maximum absolute atomic E-state index is 13.3. The van der Waals surface area contributed by atoms with Crippen LogP contribution in [-0.4, -0.2) is 64.9 Å². The fourth-order valence-electron chi connectivity index (χ4n) is 3.72. The van der Waals surface area contributed by atoms with Gasteiger partial charge < -0.3 is 19.9 Å². The number of nitrogens with zero attached hydrogens (tertiary/aromatic N) is 4. The number of amides is 3. The number of rotatable bonds is 2. The number of carbonyl (C=O) groups is 2. The summed E-state index contributed by atoms with van der Waals surface area (Å²) in [6.45, 7) is 1.68. The number of likely N-dealkylation sites (N-methyl/N-ethyl adjacent to an activating group) is 1. The Morgan fingerprint density at radius 1 is 1.38 bits per heavy atom. The molecule has 2 aliphatic rings. The highest BCUT2D eigenvalue weighted by Gasteiger charge is 2.34. The molecule has 0 spiro atoms. The molecular weight excluding hydrogens is 401 g/mol. The van der Waals surface area contributed by atoms with Crippen LogP contribution in [0.5, 0.6) is 0 Å². The van der Waals surface area contributed by atoms with Crippen molar-refractivity contribution in [2.75, 3.05) is 32.6 Å². The Balaban J connectivity index is 1.57. The Morgan fingerprint density at radius 2 is 2.17 bits per heavy atom. The molecule has 0 radical (unpaired) electrons. The van der Waals surface area contributed by atoms with Crippen molar-refractivity contribution in [2.45, 2.75) is 25.6 Å². The number of halogens is 2. The highest BCUT2D eigenvalue weighted by Crippen LogP contribution is 2.27. The van der Waals surface area contributed by atoms with Gasteiger partial charge in [-0.15, -0.1) is 0 Å². The van der Waals surface area contributed by atoms with E-state index in [2.05, 4.69) is 10.4 Å². The number of urea groups is 1. The number of fused-ring (bicyclic) bond motifs is 3. The molecule has 0 bridgehead atoms. The molecule has 29 heavy (non-hydrogen) atoms. The zero-order valence-corrected chi connectivity index (χ0v) is 16.9. The third-order valence-electron chi connectivity index (χ3n) is 5.30. The summed E-state index contributed by atoms with van der Waals surface area (Å²) in [6, 6.07) is 3.66. The molecule has 154 valence electrons. The first kappa shape index (κ1) is 19.7. The minimum atomic E-state index is -0.549. The Labute approximate surface area is 172 Å². The van der Waals surface area contributed by atoms with E-state index in [0.717, 1.165) is 11.3 Å². The number of carbonyl (C=O) groups excluding carboxylic acids is 2. The highest BCUT2D eigenvalue weighted by atomic mass is 35.5. The summed E-state index contributed by atoms with van der Waals surface area (Å²) in [5.74, 6) is -0.683. The van der Waals surface area contributed by atoms with Gasteiger partial charge in [0.05, 0.1) is 29.9 Å². The molecular formula is C19H21ClFN5O3. The zero-order chi connectivity index (χ0) is 20.7. The van der Waals surface area contributed by atoms with E-state index in [9.17, 15) is 14.0 Å². The molecule has 1 atom stereocenters. The fourth-order valence-corrected chi connectivity index (χ4v) is 3.90. The van der Waals surface area contributed by atoms with Gasteiger partial charge in [-0.05, 0) is 18.2 Å². The van der Waals surface area contributed by atoms with E-state index in [-0.39, 0.29) is 29.6 Å². The van der Waals surface area contributed by atoms with Gasteiger partial charge in [0, 0.05) is 44.9 Å². The summed E-state index contributed by atoms with van der Waals surface area (Å²) in [6.07, 6.45) is 0.399. The standard InChI is InChI=1S/C19H21ClFN5O3/c1-24-8-12(29-2)9-26-17(18(24)27)13-10-25(6-5-16(13)23-26)19(28)22-11-3-4-15(21)14(20)7-11/h3-4,7,12H,5-6,8-10H2,1-2H3,(H,22,28)/t12-/m1/s1. The number of hydrogen-bond donors (Lipinski definition) is 1. The summed E-state index contributed by atoms with van der Waals surface area (Å²) in [7, 11) is 3.35. The molecule has 8 nitrogen and oxygen atoms in total. The topological polar surface area (TPSA) is 79.7 Å². The van der Waals surface area contributed by atoms with Gasteiger partial charge in [-0.25, -0.2) is 9.18 Å². The maximum Gasteiger partial charge on any atom is 0.322 e. The predicted octanol–water partition coefficient (Wildman–Crippen LogP) is 2.37. The van der Waals surface area contributed by atoms with Crippen LogP contribution in [0.4, 0.5) is 14.9 Å². The minimum Gasteiger partial charge on any atom is -0.378 e. The highest BCUT2D eigenvalue weighted by molar-refractivity contribution is 6.31. The number of hydrogen-bond acceptors (Lipinski definition) is 4. The van der Waals surface area contributed by atoms with Crippen molar-refractivity contribution < 1.29 is 18.7 Å². The zero-order valence-electron chi connectivity index (χ0n) is 16.1. The molecule has 2 aromatic rings. The number of ether oxygens (including phenoxy) is 1. The number of benzene rings is 1. The maximum atomic E-state index is 13.3. The average molecular weight is 422 g/mol. The SMILES string of the molecule is CO[C@@H]1CN(C)C(=O)c2c3c(nn2C1)CCN(C(=O)Nc1ccc(F)c(Cl)c1)C3. The molecule has 0 saturated heterocycles. The lowest BCUT2D eigenvalue weighted by atomic mass is 10.0. The van der Waals surface area contributed by atoms with Gasteiger partial charge >= 0.3 is 6.03 Å². The van der Waals surface area contributed by atoms with Crippen molar-refractivity contribution in [1.29, 1.82) is 0 Å². The molecule has 1 aromatic carbocycles. The van der Waals surface area contributed by atoms with E-state index in [1.165, 1.54) is 18.2 Å². The van der Waals surface area contributed by atoms with E-state index >= 15 is 0 Å². The minimum absolute atomic E-state index is 0.0629. The number of nitrogens with one attached hydrogen (secondary N) is 1. The smallest absolute Gasteiger partial charge is 0.322 e. The van der Waals surface area contributed by atoms with Crippen LogP contribution in [0.2, 0.25) is 5.02 Å². The molecule has 4 rings (SSSR count). The van der Waals surface area contributed by atoms with E-state index in [1.54, 1.807) is 28.6 Å². The number of aromatic nitrogens is 2. The largest absolute Gasteiger partial charge is 0.378 e. The summed E-state index contributed by atoms with van der Waals surface area (Å²) in [4.78, 5) is 28.8. The summed E-state index contributed by atoms with van der Waals surface area (Å²) < 4.78 is 20.5. The summed E-state index contributed by atoms with van der Waals surface area (Å²) in [5.41, 5.74) is 2.49. The molecule has 2 aliphatic heterocycles. The molecule has 3 amide bonds. The van der Waals surface area contributed by atoms with Gasteiger partial charge in [0.2, 0.25) is 0 Å². The third kappa shape index (κ3) is 3.67. The Kier molecular flexibility index (Phi) is 5.18. The van der Waals surface area contributed by atoms with Crippen molar-refractivity contribution in [1.82, 2.24) is 19.6 Å². The van der Waals surface area contributed by atoms with Crippen molar-refractivity contribution in [3.8, 4) is 0 Å². The Hall–Kier alpha value is -2.65. The number of methoxy groups -OCH3 is 1. The van der Waals surface area contributed by atoms with Gasteiger partial charge in [0.15, 0.2) is 0 Å². The first-order valence-electron chi connectivity index (χ1n) is 9.25. The Bertz CT molecular complexity index is 979. The van der Waals surface area contributed by atoms with Gasteiger partial charge in [-0.2, -0.15) is 5.10 Å². The van der Waals surface area contributed by atoms with Crippen molar-refractivity contribution in [2.24, 2.45) is 0 Å². The van der Waals surface area contributed by atoms with Gasteiger partial charge in [-0.1, -0.05) is 11.6 Å². The molecule has 3 heterocycles. The second kappa shape index (κ2) is 7.64. The molecule has 0 saturated carbocycles. The van der Waals surface area contributed by atoms with Crippen molar-refractivity contribution >= 4 is 29.2 Å². The fraction of sp³-hybridized carbons (Fsp3) is 0.421. The quantitative estimate of drug-likeness (QED) is 0.807. The van der Waals surface area contributed by atoms with Crippen LogP contribution in [-0.2, 0) is 24.2 Å². The molecule has 0 unspecified atom stereocenters. The van der Waals surface area contributed by atoms with Gasteiger partial charge in [-0.3, -0.25) is 9.48 Å². The molecule has 0 fully saturated rings. The lowest BCUT2D eigenvalue weighted by Crippen LogP contribution is -2.40. The van der Waals surface area contributed by atoms with Crippen LogP contribution < -0.4 is 5.32 Å². The molecule has 0 aliphatic carbocycles. The van der Waals surface area contributed by atoms with Crippen LogP contribution in [0.1, 0.15) is 21.7 Å². The average Bonchev–Trinajstić information content (AvgIpc) is 3.00. The van der Waals surface area contributed by atoms with Gasteiger partial charge in [0.25, 0.3) is 5.91 Å². The lowest BCUT2D eigenvalue weighted by molar-refractivity contribution is 0.0538. The first-order valence-corrected chi connectivity index (χ1v) is 9.63. The molecule has 1 N–H and O–H groups in total. The molecule has 10 heteroatoms. The second-order valence-electron chi connectivity index (χ2n) is 7.23. The van der Waals surface area contributed by atoms with E-state index in [0.29, 0.717) is 37.4 Å². The predicted molar refractivity (Wildman–Crippen MR) is 105 cm³/mol. The van der Waals surface area contributed by atoms with Gasteiger partial charge in [0.1, 0.15) is 11.5 Å². The number of anilines is 1. The molecule has 1 aromatic heterocycles. The van der Waals surface area contributed by atoms with E-state index in [1.807, 2.05) is 0 Å². The lowest BCUT2D eigenvalue weighted by Gasteiger charge is -2.27. The summed E-state index contributed by atoms with van der Waals surface area (Å²) >= 11 is 5.78. The third-order valence-corrected chi connectivity index (χ3v) is 5.59. The van der Waals surface area contributed by atoms with E-state index in [4.69, 9.17) is 16.3 Å². The monoisotopic (exact) mass is 421 g/mol. The van der Waals surface area contributed by atoms with E-state index < -0.39 is 5.82 Å². The first-order chi connectivity index (χ1) is 13.9. The second-order valence-corrected chi connectivity index (χ2v) is 7.64. The van der Waals surface area contributed by atoms with Crippen LogP contribution >= 0.6 is 11.6 Å². The van der Waals surface area contributed by atoms with Crippen LogP contribution in [0.25, 0.3) is 0 Å². The van der Waals surface area contributed by atoms with Crippen LogP contribution in [0.15, 0.2) is 18.2 Å². The van der Waals surface area contributed by atoms with Crippen molar-refractivity contribution in [3.63, 3.8) is 0 Å². The summed E-state index contributed by atoms with van der Waals surface area (Å²) in [5, 5.41) is 7.27. The van der Waals surface area contributed by atoms with Crippen molar-refractivity contribution in [3.05, 3.63) is 46.0 Å². The Morgan fingerprint density at radius 3 is 2.90 bits per heavy atom. The van der Waals surface area contributed by atoms with Crippen LogP contribution in [0, 0.1) is 5.82 Å². The normalized spacial score (nSPS) is 18.9.